The highest BCUT2D eigenvalue weighted by Crippen LogP contribution is 2.46. The van der Waals surface area contributed by atoms with Gasteiger partial charge in [-0.15, -0.1) is 23.5 Å². The molecule has 1 aromatic carbocycles. The van der Waals surface area contributed by atoms with E-state index in [1.165, 1.54) is 36.1 Å². The van der Waals surface area contributed by atoms with Crippen LogP contribution < -0.4 is 5.32 Å². The van der Waals surface area contributed by atoms with Gasteiger partial charge in [-0.1, -0.05) is 12.1 Å². The molecule has 3 atom stereocenters. The van der Waals surface area contributed by atoms with Crippen molar-refractivity contribution in [1.82, 2.24) is 15.2 Å². The molecule has 9 nitrogen and oxygen atoms in total. The average molecular weight is 500 g/mol. The Balaban J connectivity index is 1.22. The summed E-state index contributed by atoms with van der Waals surface area (Å²) in [6, 6.07) is 10.3. The van der Waals surface area contributed by atoms with Gasteiger partial charge in [0.05, 0.1) is 18.9 Å². The van der Waals surface area contributed by atoms with E-state index in [9.17, 15) is 19.5 Å². The van der Waals surface area contributed by atoms with Crippen molar-refractivity contribution in [3.05, 3.63) is 72.3 Å². The number of carboxylic acids is 1. The predicted molar refractivity (Wildman–Crippen MR) is 124 cm³/mol. The average Bonchev–Trinajstić information content (AvgIpc) is 3.53. The van der Waals surface area contributed by atoms with Crippen molar-refractivity contribution in [3.8, 4) is 0 Å². The van der Waals surface area contributed by atoms with E-state index >= 15 is 0 Å². The Kier molecular flexibility index (Phi) is 6.13. The van der Waals surface area contributed by atoms with Crippen LogP contribution in [0.25, 0.3) is 0 Å². The van der Waals surface area contributed by atoms with Gasteiger partial charge in [-0.2, -0.15) is 0 Å². The van der Waals surface area contributed by atoms with Crippen molar-refractivity contribution < 1.29 is 28.3 Å². The molecule has 0 radical (unpaired) electrons. The molecule has 2 fully saturated rings. The van der Waals surface area contributed by atoms with Crippen LogP contribution in [0.2, 0.25) is 0 Å². The smallest absolute Gasteiger partial charge is 0.322 e. The third-order valence-corrected chi connectivity index (χ3v) is 8.81. The SMILES string of the molecule is O=C(Cc1ccco1)NC1C(=O)N2CC(Sc3ccc(Cc4ncco4)cc3)(C(=O)O)CS[C@H]12. The first-order chi connectivity index (χ1) is 16.4. The molecular weight excluding hydrogens is 478 g/mol. The number of hydrogen-bond acceptors (Lipinski definition) is 8. The fourth-order valence-corrected chi connectivity index (χ4v) is 6.84. The number of nitrogens with one attached hydrogen (secondary N) is 1. The van der Waals surface area contributed by atoms with Gasteiger partial charge in [0.1, 0.15) is 28.2 Å². The molecule has 34 heavy (non-hydrogen) atoms. The summed E-state index contributed by atoms with van der Waals surface area (Å²) in [5, 5.41) is 12.6. The molecule has 11 heteroatoms. The number of furan rings is 1. The molecule has 2 unspecified atom stereocenters. The van der Waals surface area contributed by atoms with Crippen molar-refractivity contribution in [2.75, 3.05) is 12.3 Å². The number of β-lactam (4-membered cyclic amide) rings is 1. The molecule has 2 aliphatic rings. The third kappa shape index (κ3) is 4.45. The quantitative estimate of drug-likeness (QED) is 0.449. The fourth-order valence-electron chi connectivity index (χ4n) is 4.00. The molecule has 2 amide bonds. The number of fused-ring (bicyclic) bond motifs is 1. The zero-order chi connectivity index (χ0) is 23.7. The number of oxazole rings is 1. The van der Waals surface area contributed by atoms with E-state index in [4.69, 9.17) is 8.83 Å². The molecule has 2 saturated heterocycles. The molecule has 3 aromatic rings. The molecule has 0 saturated carbocycles. The van der Waals surface area contributed by atoms with E-state index in [2.05, 4.69) is 10.3 Å². The lowest BCUT2D eigenvalue weighted by Gasteiger charge is -2.53. The first kappa shape index (κ1) is 22.6. The molecule has 176 valence electrons. The Morgan fingerprint density at radius 1 is 1.24 bits per heavy atom. The summed E-state index contributed by atoms with van der Waals surface area (Å²) >= 11 is 2.62. The summed E-state index contributed by atoms with van der Waals surface area (Å²) in [6.45, 7) is 0.0755. The third-order valence-electron chi connectivity index (χ3n) is 5.75. The maximum Gasteiger partial charge on any atom is 0.322 e. The number of aromatic nitrogens is 1. The van der Waals surface area contributed by atoms with Crippen molar-refractivity contribution >= 4 is 41.3 Å². The lowest BCUT2D eigenvalue weighted by molar-refractivity contribution is -0.152. The Hall–Kier alpha value is -3.18. The van der Waals surface area contributed by atoms with Crippen molar-refractivity contribution in [3.63, 3.8) is 0 Å². The number of hydrogen-bond donors (Lipinski definition) is 2. The van der Waals surface area contributed by atoms with Crippen LogP contribution >= 0.6 is 23.5 Å². The lowest BCUT2D eigenvalue weighted by atomic mass is 10.0. The van der Waals surface area contributed by atoms with E-state index in [1.54, 1.807) is 23.2 Å². The maximum atomic E-state index is 12.8. The van der Waals surface area contributed by atoms with Crippen LogP contribution in [0.3, 0.4) is 0 Å². The van der Waals surface area contributed by atoms with Gasteiger partial charge in [-0.05, 0) is 29.8 Å². The first-order valence-corrected chi connectivity index (χ1v) is 12.4. The molecule has 2 aromatic heterocycles. The molecule has 5 rings (SSSR count). The number of carboxylic acid groups (broad SMARTS) is 1. The van der Waals surface area contributed by atoms with Gasteiger partial charge in [-0.25, -0.2) is 4.98 Å². The van der Waals surface area contributed by atoms with Gasteiger partial charge in [-0.3, -0.25) is 14.4 Å². The van der Waals surface area contributed by atoms with Crippen LogP contribution in [-0.2, 0) is 27.2 Å². The summed E-state index contributed by atoms with van der Waals surface area (Å²) in [4.78, 5) is 43.8. The molecule has 2 N–H and O–H groups in total. The number of aliphatic carboxylic acids is 1. The second-order valence-electron chi connectivity index (χ2n) is 8.12. The first-order valence-electron chi connectivity index (χ1n) is 10.6. The second-order valence-corrected chi connectivity index (χ2v) is 10.7. The summed E-state index contributed by atoms with van der Waals surface area (Å²) in [5.41, 5.74) is 1.00. The minimum Gasteiger partial charge on any atom is -0.480 e. The van der Waals surface area contributed by atoms with Crippen LogP contribution in [0.5, 0.6) is 0 Å². The molecule has 0 spiro atoms. The van der Waals surface area contributed by atoms with Gasteiger partial charge < -0.3 is 24.2 Å². The standard InChI is InChI=1S/C23H21N3O6S2/c27-17(11-15-2-1-8-31-15)25-19-20(28)26-12-23(22(29)30,13-33-21(19)26)34-16-5-3-14(4-6-16)10-18-24-7-9-32-18/h1-9,19,21H,10-13H2,(H,25,27)(H,29,30)/t19?,21-,23?/m1/s1. The number of carbonyl (C=O) groups excluding carboxylic acids is 2. The van der Waals surface area contributed by atoms with E-state index in [-0.39, 0.29) is 30.2 Å². The minimum absolute atomic E-state index is 0.0507. The Labute approximate surface area is 203 Å². The Bertz CT molecular complexity index is 1180. The minimum atomic E-state index is -1.18. The monoisotopic (exact) mass is 499 g/mol. The van der Waals surface area contributed by atoms with Crippen LogP contribution in [-0.4, -0.2) is 61.2 Å². The topological polar surface area (TPSA) is 126 Å². The Morgan fingerprint density at radius 3 is 2.74 bits per heavy atom. The van der Waals surface area contributed by atoms with Gasteiger partial charge in [0.25, 0.3) is 0 Å². The van der Waals surface area contributed by atoms with Crippen molar-refractivity contribution in [2.24, 2.45) is 0 Å². The molecule has 4 heterocycles. The van der Waals surface area contributed by atoms with Crippen molar-refractivity contribution in [1.29, 1.82) is 0 Å². The zero-order valence-corrected chi connectivity index (χ0v) is 19.5. The molecular formula is C23H21N3O6S2. The van der Waals surface area contributed by atoms with Crippen LogP contribution in [0.1, 0.15) is 17.2 Å². The van der Waals surface area contributed by atoms with Gasteiger partial charge >= 0.3 is 5.97 Å². The van der Waals surface area contributed by atoms with Crippen LogP contribution in [0.15, 0.2) is 68.9 Å². The highest BCUT2D eigenvalue weighted by atomic mass is 32.2. The van der Waals surface area contributed by atoms with Gasteiger partial charge in [0.15, 0.2) is 5.89 Å². The molecule has 0 aliphatic carbocycles. The highest BCUT2D eigenvalue weighted by molar-refractivity contribution is 8.05. The number of benzene rings is 1. The molecule has 2 aliphatic heterocycles. The lowest BCUT2D eigenvalue weighted by Crippen LogP contribution is -2.74. The normalized spacial score (nSPS) is 23.8. The number of nitrogens with zero attached hydrogens (tertiary/aromatic N) is 2. The van der Waals surface area contributed by atoms with Crippen LogP contribution in [0, 0.1) is 0 Å². The number of carbonyl (C=O) groups is 3. The maximum absolute atomic E-state index is 12.8. The number of thioether (sulfide) groups is 2. The summed E-state index contributed by atoms with van der Waals surface area (Å²) in [6.07, 6.45) is 5.21. The second kappa shape index (κ2) is 9.22. The zero-order valence-electron chi connectivity index (χ0n) is 17.9. The largest absolute Gasteiger partial charge is 0.480 e. The predicted octanol–water partition coefficient (Wildman–Crippen LogP) is 2.42. The van der Waals surface area contributed by atoms with E-state index in [0.29, 0.717) is 23.8 Å². The number of rotatable bonds is 8. The summed E-state index contributed by atoms with van der Waals surface area (Å²) < 4.78 is 9.27. The van der Waals surface area contributed by atoms with Gasteiger partial charge in [0, 0.05) is 23.6 Å². The van der Waals surface area contributed by atoms with E-state index in [1.807, 2.05) is 24.3 Å². The van der Waals surface area contributed by atoms with E-state index < -0.39 is 16.8 Å². The summed E-state index contributed by atoms with van der Waals surface area (Å²) in [5.74, 6) is -0.0977. The number of amides is 2. The van der Waals surface area contributed by atoms with Gasteiger partial charge in [0.2, 0.25) is 11.8 Å². The highest BCUT2D eigenvalue weighted by Gasteiger charge is 2.57. The van der Waals surface area contributed by atoms with Crippen molar-refractivity contribution in [2.45, 2.75) is 33.9 Å². The molecule has 0 bridgehead atoms. The van der Waals surface area contributed by atoms with Crippen LogP contribution in [0.4, 0.5) is 0 Å². The Morgan fingerprint density at radius 2 is 2.06 bits per heavy atom. The summed E-state index contributed by atoms with van der Waals surface area (Å²) in [7, 11) is 0. The van der Waals surface area contributed by atoms with E-state index in [0.717, 1.165) is 10.5 Å². The fraction of sp³-hybridized carbons (Fsp3) is 0.304.